The lowest BCUT2D eigenvalue weighted by Gasteiger charge is -2.10. The third kappa shape index (κ3) is 3.73. The number of aryl methyl sites for hydroxylation is 1. The molecule has 0 fully saturated rings. The molecule has 0 saturated carbocycles. The van der Waals surface area contributed by atoms with Gasteiger partial charge in [-0.05, 0) is 61.2 Å². The maximum atomic E-state index is 11.1. The number of unbranched alkanes of at least 4 members (excludes halogenated alkanes) is 1. The van der Waals surface area contributed by atoms with Gasteiger partial charge < -0.3 is 20.6 Å². The van der Waals surface area contributed by atoms with Gasteiger partial charge in [-0.25, -0.2) is 0 Å². The number of carboxylic acid groups (broad SMARTS) is 1. The summed E-state index contributed by atoms with van der Waals surface area (Å²) in [6, 6.07) is 13.7. The molecule has 0 atom stereocenters. The molecule has 5 nitrogen and oxygen atoms in total. The Morgan fingerprint density at radius 2 is 2.00 bits per heavy atom. The van der Waals surface area contributed by atoms with Crippen molar-refractivity contribution in [1.29, 1.82) is 0 Å². The van der Waals surface area contributed by atoms with E-state index in [0.29, 0.717) is 6.54 Å². The highest BCUT2D eigenvalue weighted by atomic mass is 16.5. The highest BCUT2D eigenvalue weighted by Crippen LogP contribution is 2.36. The molecule has 0 unspecified atom stereocenters. The second-order valence-corrected chi connectivity index (χ2v) is 6.38. The van der Waals surface area contributed by atoms with Crippen molar-refractivity contribution >= 4 is 16.9 Å². The molecule has 0 aliphatic rings. The summed E-state index contributed by atoms with van der Waals surface area (Å²) in [7, 11) is 1.67. The molecular formula is C21H24N2O3. The van der Waals surface area contributed by atoms with Gasteiger partial charge in [-0.15, -0.1) is 0 Å². The first kappa shape index (κ1) is 18.0. The molecule has 0 spiro atoms. The summed E-state index contributed by atoms with van der Waals surface area (Å²) in [6.45, 7) is 0.663. The molecule has 5 heteroatoms. The van der Waals surface area contributed by atoms with Crippen LogP contribution in [0.25, 0.3) is 22.2 Å². The van der Waals surface area contributed by atoms with Crippen LogP contribution in [0, 0.1) is 0 Å². The quantitative estimate of drug-likeness (QED) is 0.539. The number of carboxylic acids is 1. The summed E-state index contributed by atoms with van der Waals surface area (Å²) in [4.78, 5) is 14.6. The summed E-state index contributed by atoms with van der Waals surface area (Å²) in [5, 5.41) is 10.2. The van der Waals surface area contributed by atoms with Crippen LogP contribution in [0.2, 0.25) is 0 Å². The molecule has 3 rings (SSSR count). The number of para-hydroxylation sites is 1. The molecule has 4 N–H and O–H groups in total. The van der Waals surface area contributed by atoms with E-state index < -0.39 is 5.97 Å². The lowest BCUT2D eigenvalue weighted by molar-refractivity contribution is -0.136. The summed E-state index contributed by atoms with van der Waals surface area (Å²) in [6.07, 6.45) is 2.83. The minimum atomic E-state index is -0.825. The maximum absolute atomic E-state index is 11.1. The van der Waals surface area contributed by atoms with Crippen LogP contribution in [0.3, 0.4) is 0 Å². The second-order valence-electron chi connectivity index (χ2n) is 6.38. The molecule has 0 radical (unpaired) electrons. The molecule has 0 aliphatic heterocycles. The number of nitrogens with two attached hydrogens (primary N) is 1. The third-order valence-electron chi connectivity index (χ3n) is 4.58. The standard InChI is InChI=1S/C21H24N2O3/c1-26-19-8-3-2-7-16(19)21-15(6-4-5-11-22)17-12-14(13-20(24)25)9-10-18(17)23-21/h2-3,7-10,12,23H,4-6,11,13,22H2,1H3,(H,24,25). The lowest BCUT2D eigenvalue weighted by atomic mass is 9.98. The van der Waals surface area contributed by atoms with Crippen molar-refractivity contribution in [3.63, 3.8) is 0 Å². The smallest absolute Gasteiger partial charge is 0.307 e. The number of ether oxygens (including phenoxy) is 1. The van der Waals surface area contributed by atoms with Gasteiger partial charge in [0, 0.05) is 16.5 Å². The fourth-order valence-electron chi connectivity index (χ4n) is 3.37. The lowest BCUT2D eigenvalue weighted by Crippen LogP contribution is -2.00. The molecule has 136 valence electrons. The molecule has 2 aromatic carbocycles. The van der Waals surface area contributed by atoms with Crippen molar-refractivity contribution in [1.82, 2.24) is 4.98 Å². The van der Waals surface area contributed by atoms with Crippen LogP contribution in [0.15, 0.2) is 42.5 Å². The van der Waals surface area contributed by atoms with Crippen molar-refractivity contribution in [2.75, 3.05) is 13.7 Å². The Labute approximate surface area is 152 Å². The number of aliphatic carboxylic acids is 1. The van der Waals surface area contributed by atoms with E-state index in [2.05, 4.69) is 4.98 Å². The van der Waals surface area contributed by atoms with Gasteiger partial charge in [-0.2, -0.15) is 0 Å². The maximum Gasteiger partial charge on any atom is 0.307 e. The van der Waals surface area contributed by atoms with E-state index in [1.807, 2.05) is 42.5 Å². The molecular weight excluding hydrogens is 328 g/mol. The third-order valence-corrected chi connectivity index (χ3v) is 4.58. The minimum Gasteiger partial charge on any atom is -0.496 e. The number of hydrogen-bond acceptors (Lipinski definition) is 3. The van der Waals surface area contributed by atoms with E-state index in [0.717, 1.165) is 52.7 Å². The van der Waals surface area contributed by atoms with E-state index in [-0.39, 0.29) is 6.42 Å². The van der Waals surface area contributed by atoms with Gasteiger partial charge in [0.05, 0.1) is 19.2 Å². The highest BCUT2D eigenvalue weighted by molar-refractivity contribution is 5.92. The number of rotatable bonds is 8. The van der Waals surface area contributed by atoms with Crippen LogP contribution in [-0.4, -0.2) is 29.7 Å². The Balaban J connectivity index is 2.14. The molecule has 0 aliphatic carbocycles. The monoisotopic (exact) mass is 352 g/mol. The summed E-state index contributed by atoms with van der Waals surface area (Å²) in [5.41, 5.74) is 10.7. The van der Waals surface area contributed by atoms with Crippen molar-refractivity contribution in [2.45, 2.75) is 25.7 Å². The van der Waals surface area contributed by atoms with E-state index in [1.54, 1.807) is 7.11 Å². The van der Waals surface area contributed by atoms with Crippen molar-refractivity contribution in [2.24, 2.45) is 5.73 Å². The Kier molecular flexibility index (Phi) is 5.58. The first-order valence-electron chi connectivity index (χ1n) is 8.82. The first-order chi connectivity index (χ1) is 12.6. The zero-order chi connectivity index (χ0) is 18.5. The highest BCUT2D eigenvalue weighted by Gasteiger charge is 2.16. The number of carbonyl (C=O) groups is 1. The van der Waals surface area contributed by atoms with Gasteiger partial charge in [0.15, 0.2) is 0 Å². The SMILES string of the molecule is COc1ccccc1-c1[nH]c2ccc(CC(=O)O)cc2c1CCCCN. The topological polar surface area (TPSA) is 88.3 Å². The van der Waals surface area contributed by atoms with Crippen LogP contribution in [0.5, 0.6) is 5.75 Å². The van der Waals surface area contributed by atoms with E-state index >= 15 is 0 Å². The van der Waals surface area contributed by atoms with E-state index in [9.17, 15) is 4.79 Å². The molecule has 1 aromatic heterocycles. The molecule has 0 bridgehead atoms. The van der Waals surface area contributed by atoms with E-state index in [1.165, 1.54) is 5.56 Å². The second kappa shape index (κ2) is 8.06. The number of benzene rings is 2. The largest absolute Gasteiger partial charge is 0.496 e. The van der Waals surface area contributed by atoms with Gasteiger partial charge in [0.2, 0.25) is 0 Å². The predicted molar refractivity (Wildman–Crippen MR) is 104 cm³/mol. The van der Waals surface area contributed by atoms with Crippen molar-refractivity contribution in [3.05, 3.63) is 53.6 Å². The Bertz CT molecular complexity index is 915. The fourth-order valence-corrected chi connectivity index (χ4v) is 3.37. The molecule has 3 aromatic rings. The van der Waals surface area contributed by atoms with Crippen LogP contribution in [0.1, 0.15) is 24.0 Å². The summed E-state index contributed by atoms with van der Waals surface area (Å²) in [5.74, 6) is -0.0144. The zero-order valence-corrected chi connectivity index (χ0v) is 14.9. The van der Waals surface area contributed by atoms with Crippen molar-refractivity contribution in [3.8, 4) is 17.0 Å². The average molecular weight is 352 g/mol. The van der Waals surface area contributed by atoms with Crippen LogP contribution in [0.4, 0.5) is 0 Å². The Hall–Kier alpha value is -2.79. The number of H-pyrrole nitrogens is 1. The number of hydrogen-bond donors (Lipinski definition) is 3. The van der Waals surface area contributed by atoms with Crippen LogP contribution < -0.4 is 10.5 Å². The zero-order valence-electron chi connectivity index (χ0n) is 14.9. The summed E-state index contributed by atoms with van der Waals surface area (Å²) < 4.78 is 5.54. The molecule has 1 heterocycles. The number of methoxy groups -OCH3 is 1. The van der Waals surface area contributed by atoms with Crippen LogP contribution >= 0.6 is 0 Å². The predicted octanol–water partition coefficient (Wildman–Crippen LogP) is 3.75. The van der Waals surface area contributed by atoms with Gasteiger partial charge in [0.1, 0.15) is 5.75 Å². The summed E-state index contributed by atoms with van der Waals surface area (Å²) >= 11 is 0. The van der Waals surface area contributed by atoms with Gasteiger partial charge in [-0.3, -0.25) is 4.79 Å². The number of fused-ring (bicyclic) bond motifs is 1. The van der Waals surface area contributed by atoms with Crippen LogP contribution in [-0.2, 0) is 17.6 Å². The minimum absolute atomic E-state index is 0.0212. The van der Waals surface area contributed by atoms with Gasteiger partial charge in [-0.1, -0.05) is 18.2 Å². The number of aromatic nitrogens is 1. The number of aromatic amines is 1. The Morgan fingerprint density at radius 3 is 2.73 bits per heavy atom. The fraction of sp³-hybridized carbons (Fsp3) is 0.286. The van der Waals surface area contributed by atoms with Crippen molar-refractivity contribution < 1.29 is 14.6 Å². The molecule has 0 amide bonds. The van der Waals surface area contributed by atoms with Gasteiger partial charge in [0.25, 0.3) is 0 Å². The normalized spacial score (nSPS) is 11.0. The van der Waals surface area contributed by atoms with E-state index in [4.69, 9.17) is 15.6 Å². The van der Waals surface area contributed by atoms with Gasteiger partial charge >= 0.3 is 5.97 Å². The molecule has 26 heavy (non-hydrogen) atoms. The average Bonchev–Trinajstić information content (AvgIpc) is 2.99. The molecule has 0 saturated heterocycles. The number of nitrogens with one attached hydrogen (secondary N) is 1. The Morgan fingerprint density at radius 1 is 1.19 bits per heavy atom. The first-order valence-corrected chi connectivity index (χ1v) is 8.82.